The number of fused-ring (bicyclic) bond motifs is 1. The van der Waals surface area contributed by atoms with Gasteiger partial charge in [0.15, 0.2) is 0 Å². The van der Waals surface area contributed by atoms with Crippen LogP contribution in [0.4, 0.5) is 5.69 Å². The van der Waals surface area contributed by atoms with E-state index in [0.717, 1.165) is 23.0 Å². The Bertz CT molecular complexity index is 483. The second-order valence-electron chi connectivity index (χ2n) is 4.52. The summed E-state index contributed by atoms with van der Waals surface area (Å²) >= 11 is 0. The molecule has 80 valence electrons. The molecule has 0 atom stereocenters. The molecule has 3 heteroatoms. The van der Waals surface area contributed by atoms with Gasteiger partial charge in [0.2, 0.25) is 0 Å². The minimum Gasteiger partial charge on any atom is -0.396 e. The molecular weight excluding hydrogens is 186 g/mol. The van der Waals surface area contributed by atoms with Crippen molar-refractivity contribution in [1.29, 1.82) is 0 Å². The van der Waals surface area contributed by atoms with Crippen LogP contribution in [0.2, 0.25) is 0 Å². The van der Waals surface area contributed by atoms with Crippen molar-refractivity contribution in [3.63, 3.8) is 0 Å². The fourth-order valence-corrected chi connectivity index (χ4v) is 1.79. The van der Waals surface area contributed by atoms with Crippen LogP contribution in [0.3, 0.4) is 0 Å². The van der Waals surface area contributed by atoms with E-state index in [9.17, 15) is 0 Å². The highest BCUT2D eigenvalue weighted by molar-refractivity contribution is 5.89. The van der Waals surface area contributed by atoms with Gasteiger partial charge in [0, 0.05) is 23.3 Å². The average Bonchev–Trinajstić information content (AvgIpc) is 2.63. The van der Waals surface area contributed by atoms with E-state index < -0.39 is 0 Å². The van der Waals surface area contributed by atoms with E-state index in [1.165, 1.54) is 0 Å². The molecule has 2 aromatic rings. The Kier molecular flexibility index (Phi) is 2.18. The highest BCUT2D eigenvalue weighted by Gasteiger charge is 2.19. The molecule has 2 aromatic heterocycles. The lowest BCUT2D eigenvalue weighted by Crippen LogP contribution is -2.24. The first kappa shape index (κ1) is 10.0. The second kappa shape index (κ2) is 3.26. The van der Waals surface area contributed by atoms with E-state index in [2.05, 4.69) is 42.6 Å². The highest BCUT2D eigenvalue weighted by atomic mass is 15.0. The van der Waals surface area contributed by atoms with Crippen LogP contribution in [0.5, 0.6) is 0 Å². The van der Waals surface area contributed by atoms with Crippen molar-refractivity contribution in [3.8, 4) is 0 Å². The zero-order valence-electron chi connectivity index (χ0n) is 9.49. The number of pyridine rings is 1. The molecule has 0 radical (unpaired) electrons. The smallest absolute Gasteiger partial charge is 0.0750 e. The van der Waals surface area contributed by atoms with E-state index in [4.69, 9.17) is 5.73 Å². The molecule has 0 spiro atoms. The van der Waals surface area contributed by atoms with Gasteiger partial charge in [-0.25, -0.2) is 0 Å². The van der Waals surface area contributed by atoms with Crippen molar-refractivity contribution in [1.82, 2.24) is 9.55 Å². The van der Waals surface area contributed by atoms with Crippen LogP contribution >= 0.6 is 0 Å². The number of hydrogen-bond donors (Lipinski definition) is 1. The summed E-state index contributed by atoms with van der Waals surface area (Å²) in [6.45, 7) is 6.61. The summed E-state index contributed by atoms with van der Waals surface area (Å²) in [7, 11) is 0. The van der Waals surface area contributed by atoms with Crippen molar-refractivity contribution in [2.45, 2.75) is 32.7 Å². The third kappa shape index (κ3) is 1.48. The summed E-state index contributed by atoms with van der Waals surface area (Å²) in [6, 6.07) is 2.07. The summed E-state index contributed by atoms with van der Waals surface area (Å²) < 4.78 is 2.24. The van der Waals surface area contributed by atoms with Crippen molar-refractivity contribution >= 4 is 16.6 Å². The molecule has 0 aliphatic heterocycles. The molecule has 3 nitrogen and oxygen atoms in total. The van der Waals surface area contributed by atoms with E-state index in [0.29, 0.717) is 0 Å². The second-order valence-corrected chi connectivity index (χ2v) is 4.52. The Morgan fingerprint density at radius 1 is 1.40 bits per heavy atom. The van der Waals surface area contributed by atoms with Gasteiger partial charge in [-0.1, -0.05) is 6.92 Å². The Hall–Kier alpha value is -1.51. The molecule has 2 rings (SSSR count). The number of aromatic nitrogens is 2. The highest BCUT2D eigenvalue weighted by Crippen LogP contribution is 2.29. The topological polar surface area (TPSA) is 43.8 Å². The van der Waals surface area contributed by atoms with Crippen molar-refractivity contribution in [2.24, 2.45) is 0 Å². The number of anilines is 1. The summed E-state index contributed by atoms with van der Waals surface area (Å²) in [5.74, 6) is 0. The van der Waals surface area contributed by atoms with E-state index in [-0.39, 0.29) is 5.54 Å². The van der Waals surface area contributed by atoms with Crippen LogP contribution in [-0.2, 0) is 5.54 Å². The maximum atomic E-state index is 5.97. The Morgan fingerprint density at radius 3 is 2.80 bits per heavy atom. The summed E-state index contributed by atoms with van der Waals surface area (Å²) in [5.41, 5.74) is 7.91. The molecule has 15 heavy (non-hydrogen) atoms. The summed E-state index contributed by atoms with van der Waals surface area (Å²) in [4.78, 5) is 4.10. The van der Waals surface area contributed by atoms with Crippen LogP contribution in [0.1, 0.15) is 27.2 Å². The number of nitrogens with two attached hydrogens (primary N) is 1. The molecule has 2 heterocycles. The lowest BCUT2D eigenvalue weighted by atomic mass is 10.0. The molecule has 0 bridgehead atoms. The largest absolute Gasteiger partial charge is 0.396 e. The minimum atomic E-state index is 0.0945. The maximum absolute atomic E-state index is 5.97. The van der Waals surface area contributed by atoms with Gasteiger partial charge in [-0.2, -0.15) is 0 Å². The van der Waals surface area contributed by atoms with Crippen LogP contribution in [0.15, 0.2) is 24.7 Å². The van der Waals surface area contributed by atoms with Gasteiger partial charge >= 0.3 is 0 Å². The third-order valence-corrected chi connectivity index (χ3v) is 3.14. The maximum Gasteiger partial charge on any atom is 0.0750 e. The van der Waals surface area contributed by atoms with Gasteiger partial charge in [0.05, 0.1) is 17.4 Å². The lowest BCUT2D eigenvalue weighted by Gasteiger charge is -2.26. The predicted molar refractivity (Wildman–Crippen MR) is 63.8 cm³/mol. The Balaban J connectivity index is 2.73. The van der Waals surface area contributed by atoms with Crippen LogP contribution in [-0.4, -0.2) is 9.55 Å². The first-order chi connectivity index (χ1) is 7.06. The average molecular weight is 203 g/mol. The standard InChI is InChI=1S/C12H17N3/c1-4-12(2,3)15-6-5-9-7-14-8-10(13)11(9)15/h5-8H,4,13H2,1-3H3. The van der Waals surface area contributed by atoms with Gasteiger partial charge in [-0.05, 0) is 26.3 Å². The molecule has 0 saturated carbocycles. The van der Waals surface area contributed by atoms with Crippen molar-refractivity contribution in [3.05, 3.63) is 24.7 Å². The van der Waals surface area contributed by atoms with Gasteiger partial charge in [-0.3, -0.25) is 4.98 Å². The Labute approximate surface area is 89.9 Å². The van der Waals surface area contributed by atoms with E-state index in [1.54, 1.807) is 6.20 Å². The number of nitrogens with zero attached hydrogens (tertiary/aromatic N) is 2. The molecule has 0 aromatic carbocycles. The molecule has 2 N–H and O–H groups in total. The minimum absolute atomic E-state index is 0.0945. The quantitative estimate of drug-likeness (QED) is 0.815. The normalized spacial score (nSPS) is 12.2. The summed E-state index contributed by atoms with van der Waals surface area (Å²) in [6.07, 6.45) is 6.73. The van der Waals surface area contributed by atoms with Crippen LogP contribution in [0.25, 0.3) is 10.9 Å². The van der Waals surface area contributed by atoms with Gasteiger partial charge in [-0.15, -0.1) is 0 Å². The zero-order chi connectivity index (χ0) is 11.1. The SMILES string of the molecule is CCC(C)(C)n1ccc2cncc(N)c21. The lowest BCUT2D eigenvalue weighted by molar-refractivity contribution is 0.354. The van der Waals surface area contributed by atoms with Crippen molar-refractivity contribution < 1.29 is 0 Å². The number of hydrogen-bond acceptors (Lipinski definition) is 2. The first-order valence-corrected chi connectivity index (χ1v) is 5.27. The van der Waals surface area contributed by atoms with Gasteiger partial charge in [0.25, 0.3) is 0 Å². The number of nitrogen functional groups attached to an aromatic ring is 1. The molecule has 0 fully saturated rings. The zero-order valence-corrected chi connectivity index (χ0v) is 9.49. The molecule has 0 amide bonds. The van der Waals surface area contributed by atoms with Crippen LogP contribution in [0, 0.1) is 0 Å². The molecule has 0 aliphatic carbocycles. The molecule has 0 unspecified atom stereocenters. The first-order valence-electron chi connectivity index (χ1n) is 5.27. The van der Waals surface area contributed by atoms with E-state index in [1.807, 2.05) is 6.20 Å². The fraction of sp³-hybridized carbons (Fsp3) is 0.417. The third-order valence-electron chi connectivity index (χ3n) is 3.14. The van der Waals surface area contributed by atoms with Crippen LogP contribution < -0.4 is 5.73 Å². The molecular formula is C12H17N3. The van der Waals surface area contributed by atoms with E-state index >= 15 is 0 Å². The molecule has 0 aliphatic rings. The monoisotopic (exact) mass is 203 g/mol. The number of rotatable bonds is 2. The van der Waals surface area contributed by atoms with Gasteiger partial charge < -0.3 is 10.3 Å². The fourth-order valence-electron chi connectivity index (χ4n) is 1.79. The Morgan fingerprint density at radius 2 is 2.13 bits per heavy atom. The predicted octanol–water partition coefficient (Wildman–Crippen LogP) is 2.76. The summed E-state index contributed by atoms with van der Waals surface area (Å²) in [5, 5.41) is 1.11. The van der Waals surface area contributed by atoms with Crippen molar-refractivity contribution in [2.75, 3.05) is 5.73 Å². The molecule has 0 saturated heterocycles. The van der Waals surface area contributed by atoms with Gasteiger partial charge in [0.1, 0.15) is 0 Å².